The van der Waals surface area contributed by atoms with Crippen LogP contribution in [-0.2, 0) is 9.53 Å². The normalized spacial score (nSPS) is 14.2. The number of carbonyl (C=O) groups excluding carboxylic acids is 2. The van der Waals surface area contributed by atoms with Crippen LogP contribution in [0.1, 0.15) is 28.9 Å². The Bertz CT molecular complexity index is 757. The van der Waals surface area contributed by atoms with Crippen LogP contribution in [-0.4, -0.2) is 58.4 Å². The molecule has 1 aromatic heterocycles. The van der Waals surface area contributed by atoms with Crippen molar-refractivity contribution in [2.45, 2.75) is 19.8 Å². The van der Waals surface area contributed by atoms with Crippen LogP contribution in [0.4, 0.5) is 0 Å². The Hall–Kier alpha value is -2.67. The van der Waals surface area contributed by atoms with Gasteiger partial charge in [0.2, 0.25) is 5.91 Å². The van der Waals surface area contributed by atoms with E-state index < -0.39 is 0 Å². The van der Waals surface area contributed by atoms with Crippen LogP contribution in [0.2, 0.25) is 0 Å². The van der Waals surface area contributed by atoms with Crippen LogP contribution in [0, 0.1) is 6.92 Å². The van der Waals surface area contributed by atoms with E-state index >= 15 is 0 Å². The topological polar surface area (TPSA) is 67.7 Å². The summed E-state index contributed by atoms with van der Waals surface area (Å²) in [4.78, 5) is 25.2. The smallest absolute Gasteiger partial charge is 0.275 e. The number of rotatable bonds is 5. The summed E-state index contributed by atoms with van der Waals surface area (Å²) in [5.74, 6) is -0.288. The van der Waals surface area contributed by atoms with E-state index in [0.717, 1.165) is 17.8 Å². The Kier molecular flexibility index (Phi) is 5.14. The first kappa shape index (κ1) is 17.2. The van der Waals surface area contributed by atoms with Crippen molar-refractivity contribution in [1.29, 1.82) is 0 Å². The zero-order chi connectivity index (χ0) is 17.8. The Morgan fingerprint density at radius 2 is 1.88 bits per heavy atom. The number of methoxy groups -OCH3 is 1. The first-order valence-corrected chi connectivity index (χ1v) is 8.34. The van der Waals surface area contributed by atoms with E-state index in [-0.39, 0.29) is 18.2 Å². The summed E-state index contributed by atoms with van der Waals surface area (Å²) in [6.07, 6.45) is 2.61. The number of amides is 2. The zero-order valence-corrected chi connectivity index (χ0v) is 14.5. The van der Waals surface area contributed by atoms with Crippen molar-refractivity contribution in [2.24, 2.45) is 0 Å². The Morgan fingerprint density at radius 1 is 1.16 bits per heavy atom. The number of benzene rings is 1. The highest BCUT2D eigenvalue weighted by molar-refractivity contribution is 5.96. The van der Waals surface area contributed by atoms with Crippen LogP contribution >= 0.6 is 0 Å². The van der Waals surface area contributed by atoms with E-state index in [9.17, 15) is 9.59 Å². The minimum absolute atomic E-state index is 0.0965. The molecule has 1 aliphatic heterocycles. The lowest BCUT2D eigenvalue weighted by molar-refractivity contribution is -0.141. The van der Waals surface area contributed by atoms with Crippen molar-refractivity contribution < 1.29 is 14.3 Å². The van der Waals surface area contributed by atoms with E-state index in [1.165, 1.54) is 10.0 Å². The second kappa shape index (κ2) is 7.48. The van der Waals surface area contributed by atoms with Gasteiger partial charge in [-0.05, 0) is 25.5 Å². The number of hydrogen-bond donors (Lipinski definition) is 0. The molecule has 0 spiro atoms. The fraction of sp³-hybridized carbons (Fsp3) is 0.389. The molecule has 0 unspecified atom stereocenters. The third-order valence-corrected chi connectivity index (χ3v) is 4.31. The predicted octanol–water partition coefficient (Wildman–Crippen LogP) is 1.81. The van der Waals surface area contributed by atoms with Crippen molar-refractivity contribution in [2.75, 3.05) is 26.8 Å². The highest BCUT2D eigenvalue weighted by Gasteiger charge is 2.32. The summed E-state index contributed by atoms with van der Waals surface area (Å²) in [7, 11) is 1.56. The van der Waals surface area contributed by atoms with Gasteiger partial charge >= 0.3 is 0 Å². The van der Waals surface area contributed by atoms with Crippen molar-refractivity contribution in [3.63, 3.8) is 0 Å². The van der Waals surface area contributed by atoms with Gasteiger partial charge in [0.15, 0.2) is 0 Å². The fourth-order valence-electron chi connectivity index (χ4n) is 2.99. The SMILES string of the molecule is COCCC(=O)N1CCCN1C(=O)c1cnn(-c2ccccc2)c1C. The van der Waals surface area contributed by atoms with Crippen LogP contribution < -0.4 is 0 Å². The van der Waals surface area contributed by atoms with E-state index in [0.29, 0.717) is 25.3 Å². The Morgan fingerprint density at radius 3 is 2.60 bits per heavy atom. The number of ether oxygens (including phenoxy) is 1. The van der Waals surface area contributed by atoms with Crippen LogP contribution in [0.15, 0.2) is 36.5 Å². The largest absolute Gasteiger partial charge is 0.384 e. The number of para-hydroxylation sites is 1. The van der Waals surface area contributed by atoms with E-state index in [1.807, 2.05) is 37.3 Å². The summed E-state index contributed by atoms with van der Waals surface area (Å²) in [5.41, 5.74) is 2.16. The lowest BCUT2D eigenvalue weighted by Gasteiger charge is -2.27. The molecule has 1 fully saturated rings. The van der Waals surface area contributed by atoms with Gasteiger partial charge in [0, 0.05) is 20.2 Å². The average Bonchev–Trinajstić information content (AvgIpc) is 3.27. The molecule has 7 heteroatoms. The number of aromatic nitrogens is 2. The predicted molar refractivity (Wildman–Crippen MR) is 92.2 cm³/mol. The second-order valence-electron chi connectivity index (χ2n) is 5.93. The number of hydrogen-bond acceptors (Lipinski definition) is 4. The van der Waals surface area contributed by atoms with Crippen LogP contribution in [0.3, 0.4) is 0 Å². The molecular weight excluding hydrogens is 320 g/mol. The monoisotopic (exact) mass is 342 g/mol. The maximum absolute atomic E-state index is 12.9. The molecule has 1 aromatic carbocycles. The van der Waals surface area contributed by atoms with E-state index in [1.54, 1.807) is 18.0 Å². The molecule has 0 atom stereocenters. The van der Waals surface area contributed by atoms with Gasteiger partial charge in [0.25, 0.3) is 5.91 Å². The minimum atomic E-state index is -0.192. The molecular formula is C18H22N4O3. The van der Waals surface area contributed by atoms with E-state index in [4.69, 9.17) is 4.74 Å². The third-order valence-electron chi connectivity index (χ3n) is 4.31. The van der Waals surface area contributed by atoms with Gasteiger partial charge in [-0.2, -0.15) is 5.10 Å². The molecule has 0 bridgehead atoms. The summed E-state index contributed by atoms with van der Waals surface area (Å²) >= 11 is 0. The number of carbonyl (C=O) groups is 2. The van der Waals surface area contributed by atoms with Crippen molar-refractivity contribution in [3.8, 4) is 5.69 Å². The lowest BCUT2D eigenvalue weighted by atomic mass is 10.2. The first-order chi connectivity index (χ1) is 12.1. The molecule has 2 heterocycles. The van der Waals surface area contributed by atoms with Crippen LogP contribution in [0.25, 0.3) is 5.69 Å². The lowest BCUT2D eigenvalue weighted by Crippen LogP contribution is -2.45. The molecule has 132 valence electrons. The Balaban J connectivity index is 1.81. The van der Waals surface area contributed by atoms with Gasteiger partial charge in [-0.25, -0.2) is 9.69 Å². The molecule has 0 saturated carbocycles. The van der Waals surface area contributed by atoms with Crippen LogP contribution in [0.5, 0.6) is 0 Å². The molecule has 2 amide bonds. The highest BCUT2D eigenvalue weighted by Crippen LogP contribution is 2.20. The summed E-state index contributed by atoms with van der Waals surface area (Å²) in [6, 6.07) is 9.65. The van der Waals surface area contributed by atoms with Crippen molar-refractivity contribution in [3.05, 3.63) is 47.8 Å². The highest BCUT2D eigenvalue weighted by atomic mass is 16.5. The first-order valence-electron chi connectivity index (χ1n) is 8.34. The fourth-order valence-corrected chi connectivity index (χ4v) is 2.99. The Labute approximate surface area is 146 Å². The molecule has 0 N–H and O–H groups in total. The molecule has 2 aromatic rings. The molecule has 0 radical (unpaired) electrons. The molecule has 1 saturated heterocycles. The standard InChI is InChI=1S/C18H22N4O3/c1-14-16(13-19-22(14)15-7-4-3-5-8-15)18(24)21-11-6-10-20(21)17(23)9-12-25-2/h3-5,7-8,13H,6,9-12H2,1-2H3. The van der Waals surface area contributed by atoms with Crippen molar-refractivity contribution >= 4 is 11.8 Å². The quantitative estimate of drug-likeness (QED) is 0.831. The van der Waals surface area contributed by atoms with Crippen molar-refractivity contribution in [1.82, 2.24) is 19.8 Å². The summed E-state index contributed by atoms with van der Waals surface area (Å²) < 4.78 is 6.70. The molecule has 7 nitrogen and oxygen atoms in total. The summed E-state index contributed by atoms with van der Waals surface area (Å²) in [5, 5.41) is 7.40. The van der Waals surface area contributed by atoms with Gasteiger partial charge in [0.05, 0.1) is 36.2 Å². The van der Waals surface area contributed by atoms with Gasteiger partial charge in [-0.3, -0.25) is 14.6 Å². The zero-order valence-electron chi connectivity index (χ0n) is 14.5. The minimum Gasteiger partial charge on any atom is -0.384 e. The molecule has 3 rings (SSSR count). The maximum Gasteiger partial charge on any atom is 0.275 e. The summed E-state index contributed by atoms with van der Waals surface area (Å²) in [6.45, 7) is 3.30. The number of hydrazine groups is 1. The van der Waals surface area contributed by atoms with Gasteiger partial charge in [-0.15, -0.1) is 0 Å². The second-order valence-corrected chi connectivity index (χ2v) is 5.93. The molecule has 1 aliphatic rings. The van der Waals surface area contributed by atoms with Gasteiger partial charge in [0.1, 0.15) is 0 Å². The third kappa shape index (κ3) is 3.41. The van der Waals surface area contributed by atoms with Gasteiger partial charge < -0.3 is 4.74 Å². The molecule has 0 aliphatic carbocycles. The van der Waals surface area contributed by atoms with Gasteiger partial charge in [-0.1, -0.05) is 18.2 Å². The average molecular weight is 342 g/mol. The molecule has 25 heavy (non-hydrogen) atoms. The van der Waals surface area contributed by atoms with E-state index in [2.05, 4.69) is 5.10 Å². The number of nitrogens with zero attached hydrogens (tertiary/aromatic N) is 4. The maximum atomic E-state index is 12.9.